The highest BCUT2D eigenvalue weighted by atomic mass is 80.0. The number of benzene rings is 1. The van der Waals surface area contributed by atoms with E-state index in [-0.39, 0.29) is 12.4 Å². The zero-order valence-electron chi connectivity index (χ0n) is 11.2. The smallest absolute Gasteiger partial charge is 0.344 e. The Morgan fingerprint density at radius 3 is 2.62 bits per heavy atom. The van der Waals surface area contributed by atoms with E-state index in [0.717, 1.165) is 0 Å². The molecule has 8 heteroatoms. The number of hydrogen-bond donors (Lipinski definition) is 0. The number of carbonyl (C=O) groups excluding carboxylic acids is 1. The van der Waals surface area contributed by atoms with Crippen LogP contribution in [-0.4, -0.2) is 26.6 Å². The van der Waals surface area contributed by atoms with Crippen molar-refractivity contribution in [3.05, 3.63) is 29.6 Å². The standard InChI is InChI=1S/C13H12Br3FO4/c1-7-3-4-8(5-9(7)17)19-6-12(2)10(18)20-11(21-12)13(14,15)16/h3-5,11H,6H2,1-2H3. The minimum atomic E-state index is -1.27. The molecule has 1 aliphatic rings. The fraction of sp³-hybridized carbons (Fsp3) is 0.462. The van der Waals surface area contributed by atoms with Crippen LogP contribution in [0.5, 0.6) is 5.75 Å². The second-order valence-electron chi connectivity index (χ2n) is 4.83. The lowest BCUT2D eigenvalue weighted by atomic mass is 10.1. The molecule has 1 fully saturated rings. The minimum absolute atomic E-state index is 0.0894. The maximum atomic E-state index is 13.4. The Morgan fingerprint density at radius 2 is 2.10 bits per heavy atom. The average molecular weight is 491 g/mol. The highest BCUT2D eigenvalue weighted by Gasteiger charge is 2.53. The third-order valence-electron chi connectivity index (χ3n) is 2.94. The van der Waals surface area contributed by atoms with Crippen LogP contribution in [-0.2, 0) is 14.3 Å². The lowest BCUT2D eigenvalue weighted by Gasteiger charge is -2.22. The molecule has 4 nitrogen and oxygen atoms in total. The van der Waals surface area contributed by atoms with E-state index in [1.54, 1.807) is 26.0 Å². The van der Waals surface area contributed by atoms with E-state index in [9.17, 15) is 9.18 Å². The summed E-state index contributed by atoms with van der Waals surface area (Å²) in [5, 5.41) is 0. The Hall–Kier alpha value is -0.180. The van der Waals surface area contributed by atoms with Gasteiger partial charge in [-0.15, -0.1) is 0 Å². The van der Waals surface area contributed by atoms with Crippen LogP contribution in [0.15, 0.2) is 18.2 Å². The molecule has 1 aromatic carbocycles. The van der Waals surface area contributed by atoms with E-state index in [2.05, 4.69) is 47.8 Å². The number of rotatable bonds is 3. The average Bonchev–Trinajstić information content (AvgIpc) is 2.68. The van der Waals surface area contributed by atoms with Gasteiger partial charge in [0.05, 0.1) is 0 Å². The van der Waals surface area contributed by atoms with Crippen LogP contribution in [0.1, 0.15) is 12.5 Å². The van der Waals surface area contributed by atoms with Gasteiger partial charge in [0.25, 0.3) is 0 Å². The summed E-state index contributed by atoms with van der Waals surface area (Å²) in [6.45, 7) is 3.12. The first-order valence-electron chi connectivity index (χ1n) is 5.96. The monoisotopic (exact) mass is 488 g/mol. The molecular weight excluding hydrogens is 479 g/mol. The molecule has 21 heavy (non-hydrogen) atoms. The van der Waals surface area contributed by atoms with Crippen molar-refractivity contribution in [1.29, 1.82) is 0 Å². The first-order chi connectivity index (χ1) is 9.62. The summed E-state index contributed by atoms with van der Waals surface area (Å²) >= 11 is 9.72. The molecule has 0 radical (unpaired) electrons. The zero-order valence-corrected chi connectivity index (χ0v) is 15.9. The van der Waals surface area contributed by atoms with E-state index in [1.807, 2.05) is 0 Å². The summed E-state index contributed by atoms with van der Waals surface area (Å²) in [5.74, 6) is -0.601. The number of esters is 1. The topological polar surface area (TPSA) is 44.8 Å². The van der Waals surface area contributed by atoms with E-state index in [0.29, 0.717) is 11.3 Å². The van der Waals surface area contributed by atoms with E-state index >= 15 is 0 Å². The van der Waals surface area contributed by atoms with Crippen LogP contribution in [0.4, 0.5) is 4.39 Å². The van der Waals surface area contributed by atoms with Gasteiger partial charge < -0.3 is 14.2 Å². The lowest BCUT2D eigenvalue weighted by Crippen LogP contribution is -2.40. The van der Waals surface area contributed by atoms with Crippen LogP contribution in [0.3, 0.4) is 0 Å². The van der Waals surface area contributed by atoms with Crippen molar-refractivity contribution in [2.75, 3.05) is 6.61 Å². The highest BCUT2D eigenvalue weighted by molar-refractivity contribution is 9.39. The Bertz CT molecular complexity index is 561. The van der Waals surface area contributed by atoms with Gasteiger partial charge in [-0.2, -0.15) is 0 Å². The number of alkyl halides is 3. The molecule has 2 rings (SSSR count). The van der Waals surface area contributed by atoms with Crippen molar-refractivity contribution in [3.8, 4) is 5.75 Å². The van der Waals surface area contributed by atoms with Crippen molar-refractivity contribution in [2.24, 2.45) is 0 Å². The number of ether oxygens (including phenoxy) is 3. The summed E-state index contributed by atoms with van der Waals surface area (Å²) in [6, 6.07) is 4.49. The first kappa shape index (κ1) is 17.2. The van der Waals surface area contributed by atoms with Crippen molar-refractivity contribution in [1.82, 2.24) is 0 Å². The Labute approximate surface area is 146 Å². The second-order valence-corrected chi connectivity index (χ2v) is 11.8. The van der Waals surface area contributed by atoms with Gasteiger partial charge in [0, 0.05) is 6.07 Å². The molecule has 2 unspecified atom stereocenters. The SMILES string of the molecule is Cc1ccc(OCC2(C)OC(C(Br)(Br)Br)OC2=O)cc1F. The molecule has 0 amide bonds. The predicted octanol–water partition coefficient (Wildman–Crippen LogP) is 4.01. The molecule has 0 bridgehead atoms. The fourth-order valence-electron chi connectivity index (χ4n) is 1.64. The predicted molar refractivity (Wildman–Crippen MR) is 85.5 cm³/mol. The Kier molecular flexibility index (Phi) is 5.02. The summed E-state index contributed by atoms with van der Waals surface area (Å²) < 4.78 is 28.7. The molecule has 0 N–H and O–H groups in total. The highest BCUT2D eigenvalue weighted by Crippen LogP contribution is 2.44. The quantitative estimate of drug-likeness (QED) is 0.474. The van der Waals surface area contributed by atoms with Gasteiger partial charge in [0.1, 0.15) is 18.2 Å². The van der Waals surface area contributed by atoms with E-state index < -0.39 is 20.0 Å². The largest absolute Gasteiger partial charge is 0.490 e. The van der Waals surface area contributed by atoms with Crippen LogP contribution in [0.25, 0.3) is 0 Å². The zero-order chi connectivity index (χ0) is 15.8. The van der Waals surface area contributed by atoms with Crippen LogP contribution in [0, 0.1) is 12.7 Å². The third-order valence-corrected chi connectivity index (χ3v) is 4.06. The van der Waals surface area contributed by atoms with Crippen LogP contribution >= 0.6 is 47.8 Å². The van der Waals surface area contributed by atoms with Crippen molar-refractivity contribution >= 4 is 53.8 Å². The van der Waals surface area contributed by atoms with Crippen LogP contribution in [0.2, 0.25) is 0 Å². The molecule has 0 aliphatic carbocycles. The van der Waals surface area contributed by atoms with Gasteiger partial charge in [-0.25, -0.2) is 9.18 Å². The molecular formula is C13H12Br3FO4. The maximum Gasteiger partial charge on any atom is 0.344 e. The fourth-order valence-corrected chi connectivity index (χ4v) is 2.20. The Morgan fingerprint density at radius 1 is 1.43 bits per heavy atom. The molecule has 2 atom stereocenters. The summed E-state index contributed by atoms with van der Waals surface area (Å²) in [4.78, 5) is 11.9. The van der Waals surface area contributed by atoms with Gasteiger partial charge >= 0.3 is 5.97 Å². The number of hydrogen-bond acceptors (Lipinski definition) is 4. The van der Waals surface area contributed by atoms with Crippen molar-refractivity contribution in [3.63, 3.8) is 0 Å². The van der Waals surface area contributed by atoms with Gasteiger partial charge in [-0.1, -0.05) is 53.9 Å². The van der Waals surface area contributed by atoms with Gasteiger partial charge in [-0.05, 0) is 25.5 Å². The number of cyclic esters (lactones) is 1. The summed E-state index contributed by atoms with van der Waals surface area (Å²) in [5.41, 5.74) is -0.750. The third kappa shape index (κ3) is 3.97. The van der Waals surface area contributed by atoms with Gasteiger partial charge in [0.15, 0.2) is 7.74 Å². The molecule has 1 heterocycles. The molecule has 0 spiro atoms. The number of halogens is 4. The first-order valence-corrected chi connectivity index (χ1v) is 8.34. The molecule has 1 saturated heterocycles. The van der Waals surface area contributed by atoms with Crippen molar-refractivity contribution < 1.29 is 23.4 Å². The van der Waals surface area contributed by atoms with Crippen LogP contribution < -0.4 is 4.74 Å². The molecule has 1 aliphatic heterocycles. The lowest BCUT2D eigenvalue weighted by molar-refractivity contribution is -0.145. The molecule has 0 saturated carbocycles. The summed E-state index contributed by atoms with van der Waals surface area (Å²) in [6.07, 6.45) is -0.867. The second kappa shape index (κ2) is 6.14. The molecule has 1 aromatic rings. The number of carbonyl (C=O) groups is 1. The van der Waals surface area contributed by atoms with Gasteiger partial charge in [-0.3, -0.25) is 0 Å². The summed E-state index contributed by atoms with van der Waals surface area (Å²) in [7, 11) is 0. The molecule has 116 valence electrons. The Balaban J connectivity index is 2.05. The minimum Gasteiger partial charge on any atom is -0.490 e. The molecule has 0 aromatic heterocycles. The van der Waals surface area contributed by atoms with E-state index in [1.165, 1.54) is 6.07 Å². The maximum absolute atomic E-state index is 13.4. The van der Waals surface area contributed by atoms with Gasteiger partial charge in [0.2, 0.25) is 6.29 Å². The normalized spacial score (nSPS) is 25.8. The van der Waals surface area contributed by atoms with E-state index in [4.69, 9.17) is 14.2 Å². The number of aryl methyl sites for hydroxylation is 1. The van der Waals surface area contributed by atoms with Crippen molar-refractivity contribution in [2.45, 2.75) is 27.9 Å².